The Labute approximate surface area is 177 Å². The van der Waals surface area contributed by atoms with Crippen LogP contribution in [0.15, 0.2) is 48.7 Å². The molecule has 0 aliphatic carbocycles. The summed E-state index contributed by atoms with van der Waals surface area (Å²) < 4.78 is 0. The zero-order valence-corrected chi connectivity index (χ0v) is 16.7. The van der Waals surface area contributed by atoms with Crippen molar-refractivity contribution in [1.29, 1.82) is 0 Å². The van der Waals surface area contributed by atoms with E-state index in [0.717, 1.165) is 11.1 Å². The highest BCUT2D eigenvalue weighted by Gasteiger charge is 2.11. The number of carbonyl (C=O) groups is 2. The second-order valence-corrected chi connectivity index (χ2v) is 7.12. The molecule has 0 bridgehead atoms. The number of nitrogens with two attached hydrogens (primary N) is 2. The van der Waals surface area contributed by atoms with Gasteiger partial charge >= 0.3 is 0 Å². The zero-order valence-electron chi connectivity index (χ0n) is 15.2. The lowest BCUT2D eigenvalue weighted by molar-refractivity contribution is -0.115. The van der Waals surface area contributed by atoms with E-state index in [4.69, 9.17) is 34.7 Å². The second-order valence-electron chi connectivity index (χ2n) is 6.31. The first-order valence-electron chi connectivity index (χ1n) is 8.55. The van der Waals surface area contributed by atoms with Gasteiger partial charge in [-0.1, -0.05) is 41.4 Å². The van der Waals surface area contributed by atoms with E-state index >= 15 is 0 Å². The lowest BCUT2D eigenvalue weighted by Gasteiger charge is -2.09. The number of nitrogens with one attached hydrogen (secondary N) is 1. The Balaban J connectivity index is 1.69. The van der Waals surface area contributed by atoms with Crippen LogP contribution in [0.1, 0.15) is 27.3 Å². The van der Waals surface area contributed by atoms with E-state index in [2.05, 4.69) is 15.3 Å². The third-order valence-corrected chi connectivity index (χ3v) is 4.77. The topological polar surface area (TPSA) is 124 Å². The summed E-state index contributed by atoms with van der Waals surface area (Å²) in [5.41, 5.74) is 13.6. The number of nitrogens with zero attached hydrogens (tertiary/aromatic N) is 2. The molecule has 0 saturated carbocycles. The van der Waals surface area contributed by atoms with Crippen molar-refractivity contribution in [2.75, 3.05) is 11.1 Å². The first-order chi connectivity index (χ1) is 13.8. The van der Waals surface area contributed by atoms with Gasteiger partial charge in [0, 0.05) is 12.1 Å². The van der Waals surface area contributed by atoms with Gasteiger partial charge in [0.1, 0.15) is 0 Å². The standard InChI is InChI=1S/C20H17Cl2N5O2/c21-15-5-4-12(8-16(15)22)9-17(28)26-13-3-1-2-11(6-13)7-14-10-25-19(23)18(27-14)20(24)29/h1-6,8,10H,7,9H2,(H2,23,25)(H2,24,29)(H,26,28). The molecule has 0 aliphatic heterocycles. The van der Waals surface area contributed by atoms with E-state index < -0.39 is 5.91 Å². The summed E-state index contributed by atoms with van der Waals surface area (Å²) in [4.78, 5) is 31.8. The minimum absolute atomic E-state index is 0.00966. The molecule has 0 radical (unpaired) electrons. The SMILES string of the molecule is NC(=O)c1nc(Cc2cccc(NC(=O)Cc3ccc(Cl)c(Cl)c3)c2)cnc1N. The van der Waals surface area contributed by atoms with Crippen LogP contribution in [0.2, 0.25) is 10.0 Å². The highest BCUT2D eigenvalue weighted by molar-refractivity contribution is 6.42. The van der Waals surface area contributed by atoms with Crippen molar-refractivity contribution >= 4 is 46.5 Å². The molecule has 5 N–H and O–H groups in total. The summed E-state index contributed by atoms with van der Waals surface area (Å²) in [7, 11) is 0. The van der Waals surface area contributed by atoms with Crippen molar-refractivity contribution in [3.05, 3.63) is 81.2 Å². The molecule has 9 heteroatoms. The largest absolute Gasteiger partial charge is 0.382 e. The summed E-state index contributed by atoms with van der Waals surface area (Å²) in [6.45, 7) is 0. The molecule has 0 saturated heterocycles. The molecule has 2 amide bonds. The summed E-state index contributed by atoms with van der Waals surface area (Å²) in [6.07, 6.45) is 2.04. The van der Waals surface area contributed by atoms with E-state index in [1.165, 1.54) is 6.20 Å². The van der Waals surface area contributed by atoms with Gasteiger partial charge in [-0.05, 0) is 35.4 Å². The van der Waals surface area contributed by atoms with Gasteiger partial charge in [0.2, 0.25) is 5.91 Å². The molecule has 1 aromatic heterocycles. The number of carbonyl (C=O) groups excluding carboxylic acids is 2. The normalized spacial score (nSPS) is 10.6. The Kier molecular flexibility index (Phi) is 6.31. The van der Waals surface area contributed by atoms with Crippen LogP contribution in [0.25, 0.3) is 0 Å². The van der Waals surface area contributed by atoms with Gasteiger partial charge in [-0.3, -0.25) is 9.59 Å². The number of hydrogen-bond acceptors (Lipinski definition) is 5. The summed E-state index contributed by atoms with van der Waals surface area (Å²) >= 11 is 11.9. The van der Waals surface area contributed by atoms with Crippen LogP contribution >= 0.6 is 23.2 Å². The van der Waals surface area contributed by atoms with E-state index in [9.17, 15) is 9.59 Å². The Morgan fingerprint density at radius 2 is 1.83 bits per heavy atom. The molecule has 0 aliphatic rings. The second kappa shape index (κ2) is 8.89. The average molecular weight is 430 g/mol. The predicted molar refractivity (Wildman–Crippen MR) is 113 cm³/mol. The number of halogens is 2. The Morgan fingerprint density at radius 3 is 2.55 bits per heavy atom. The minimum atomic E-state index is -0.736. The number of nitrogen functional groups attached to an aromatic ring is 1. The van der Waals surface area contributed by atoms with Crippen molar-refractivity contribution in [1.82, 2.24) is 9.97 Å². The van der Waals surface area contributed by atoms with Crippen LogP contribution in [0.3, 0.4) is 0 Å². The van der Waals surface area contributed by atoms with E-state index in [1.807, 2.05) is 18.2 Å². The molecule has 29 heavy (non-hydrogen) atoms. The van der Waals surface area contributed by atoms with Gasteiger partial charge in [0.25, 0.3) is 5.91 Å². The van der Waals surface area contributed by atoms with Crippen molar-refractivity contribution in [2.24, 2.45) is 5.73 Å². The number of benzene rings is 2. The third-order valence-electron chi connectivity index (χ3n) is 4.03. The highest BCUT2D eigenvalue weighted by Crippen LogP contribution is 2.23. The Morgan fingerprint density at radius 1 is 1.03 bits per heavy atom. The monoisotopic (exact) mass is 429 g/mol. The number of amides is 2. The maximum atomic E-state index is 12.3. The smallest absolute Gasteiger partial charge is 0.271 e. The molecule has 2 aromatic carbocycles. The molecule has 0 fully saturated rings. The molecule has 0 unspecified atom stereocenters. The molecular formula is C20H17Cl2N5O2. The van der Waals surface area contributed by atoms with Gasteiger partial charge in [-0.15, -0.1) is 0 Å². The van der Waals surface area contributed by atoms with Gasteiger partial charge in [-0.25, -0.2) is 9.97 Å². The van der Waals surface area contributed by atoms with Gasteiger partial charge in [0.05, 0.1) is 28.4 Å². The number of primary amides is 1. The molecule has 0 spiro atoms. The van der Waals surface area contributed by atoms with Crippen LogP contribution in [0.4, 0.5) is 11.5 Å². The van der Waals surface area contributed by atoms with Crippen LogP contribution in [-0.2, 0) is 17.6 Å². The van der Waals surface area contributed by atoms with Crippen molar-refractivity contribution < 1.29 is 9.59 Å². The maximum Gasteiger partial charge on any atom is 0.271 e. The van der Waals surface area contributed by atoms with Gasteiger partial charge in [0.15, 0.2) is 11.5 Å². The van der Waals surface area contributed by atoms with Crippen molar-refractivity contribution in [3.63, 3.8) is 0 Å². The van der Waals surface area contributed by atoms with Gasteiger partial charge in [-0.2, -0.15) is 0 Å². The number of hydrogen-bond donors (Lipinski definition) is 3. The van der Waals surface area contributed by atoms with Crippen molar-refractivity contribution in [2.45, 2.75) is 12.8 Å². The lowest BCUT2D eigenvalue weighted by atomic mass is 10.1. The first kappa shape index (κ1) is 20.6. The van der Waals surface area contributed by atoms with E-state index in [0.29, 0.717) is 27.8 Å². The average Bonchev–Trinajstić information content (AvgIpc) is 2.66. The zero-order chi connectivity index (χ0) is 21.0. The minimum Gasteiger partial charge on any atom is -0.382 e. The van der Waals surface area contributed by atoms with Crippen LogP contribution in [-0.4, -0.2) is 21.8 Å². The quantitative estimate of drug-likeness (QED) is 0.554. The molecule has 3 rings (SSSR count). The van der Waals surface area contributed by atoms with E-state index in [-0.39, 0.29) is 23.8 Å². The summed E-state index contributed by atoms with van der Waals surface area (Å²) in [6, 6.07) is 12.3. The summed E-state index contributed by atoms with van der Waals surface area (Å²) in [5.74, 6) is -0.937. The van der Waals surface area contributed by atoms with Crippen molar-refractivity contribution in [3.8, 4) is 0 Å². The van der Waals surface area contributed by atoms with Crippen LogP contribution < -0.4 is 16.8 Å². The summed E-state index contributed by atoms with van der Waals surface area (Å²) in [5, 5.41) is 3.68. The maximum absolute atomic E-state index is 12.3. The third kappa shape index (κ3) is 5.43. The molecule has 1 heterocycles. The molecule has 7 nitrogen and oxygen atoms in total. The molecular weight excluding hydrogens is 413 g/mol. The fraction of sp³-hybridized carbons (Fsp3) is 0.100. The number of rotatable bonds is 6. The number of aromatic nitrogens is 2. The molecule has 3 aromatic rings. The van der Waals surface area contributed by atoms with E-state index in [1.54, 1.807) is 24.3 Å². The fourth-order valence-corrected chi connectivity index (χ4v) is 3.03. The number of anilines is 2. The first-order valence-corrected chi connectivity index (χ1v) is 9.31. The highest BCUT2D eigenvalue weighted by atomic mass is 35.5. The Bertz CT molecular complexity index is 1090. The molecule has 148 valence electrons. The van der Waals surface area contributed by atoms with Crippen LogP contribution in [0.5, 0.6) is 0 Å². The fourth-order valence-electron chi connectivity index (χ4n) is 2.71. The molecule has 0 atom stereocenters. The van der Waals surface area contributed by atoms with Gasteiger partial charge < -0.3 is 16.8 Å². The van der Waals surface area contributed by atoms with Crippen LogP contribution in [0, 0.1) is 0 Å². The lowest BCUT2D eigenvalue weighted by Crippen LogP contribution is -2.17. The Hall–Kier alpha value is -3.16. The predicted octanol–water partition coefficient (Wildman–Crippen LogP) is 3.24.